The molecule has 2 amide bonds. The maximum Gasteiger partial charge on any atom is 0.405 e. The zero-order valence-corrected chi connectivity index (χ0v) is 13.2. The highest BCUT2D eigenvalue weighted by atomic mass is 16.5. The highest BCUT2D eigenvalue weighted by Crippen LogP contribution is 2.35. The first-order chi connectivity index (χ1) is 12.1. The summed E-state index contributed by atoms with van der Waals surface area (Å²) >= 11 is 0. The molecule has 0 radical (unpaired) electrons. The van der Waals surface area contributed by atoms with Gasteiger partial charge in [-0.15, -0.1) is 0 Å². The Bertz CT molecular complexity index is 873. The molecule has 1 aliphatic rings. The largest absolute Gasteiger partial charge is 0.492 e. The third-order valence-corrected chi connectivity index (χ3v) is 3.87. The summed E-state index contributed by atoms with van der Waals surface area (Å²) in [6.45, 7) is 0.312. The summed E-state index contributed by atoms with van der Waals surface area (Å²) in [4.78, 5) is 23.5. The Kier molecular flexibility index (Phi) is 4.53. The molecular formula is C18H15N3O4. The van der Waals surface area contributed by atoms with Gasteiger partial charge in [-0.25, -0.2) is 4.79 Å². The maximum atomic E-state index is 12.6. The molecule has 0 fully saturated rings. The van der Waals surface area contributed by atoms with Crippen LogP contribution in [0, 0.1) is 11.3 Å². The lowest BCUT2D eigenvalue weighted by Crippen LogP contribution is -2.31. The highest BCUT2D eigenvalue weighted by molar-refractivity contribution is 6.06. The number of rotatable bonds is 3. The van der Waals surface area contributed by atoms with E-state index in [0.29, 0.717) is 41.2 Å². The lowest BCUT2D eigenvalue weighted by atomic mass is 9.97. The molecule has 25 heavy (non-hydrogen) atoms. The zero-order chi connectivity index (χ0) is 17.8. The Morgan fingerprint density at radius 1 is 1.24 bits per heavy atom. The number of anilines is 1. The van der Waals surface area contributed by atoms with Gasteiger partial charge in [0.1, 0.15) is 5.75 Å². The number of para-hydroxylation sites is 1. The predicted molar refractivity (Wildman–Crippen MR) is 89.6 cm³/mol. The molecule has 0 spiro atoms. The van der Waals surface area contributed by atoms with Crippen molar-refractivity contribution in [2.24, 2.45) is 0 Å². The van der Waals surface area contributed by atoms with Crippen molar-refractivity contribution in [2.75, 3.05) is 11.9 Å². The van der Waals surface area contributed by atoms with Crippen LogP contribution in [0.4, 0.5) is 10.5 Å². The fraction of sp³-hybridized carbons (Fsp3) is 0.167. The fourth-order valence-corrected chi connectivity index (χ4v) is 2.77. The fourth-order valence-electron chi connectivity index (χ4n) is 2.77. The van der Waals surface area contributed by atoms with Crippen molar-refractivity contribution in [3.8, 4) is 11.8 Å². The predicted octanol–water partition coefficient (Wildman–Crippen LogP) is 2.90. The minimum atomic E-state index is -1.12. The van der Waals surface area contributed by atoms with Crippen molar-refractivity contribution in [1.82, 2.24) is 5.32 Å². The van der Waals surface area contributed by atoms with Crippen molar-refractivity contribution in [3.63, 3.8) is 0 Å². The Hall–Kier alpha value is -3.53. The molecule has 0 aromatic heterocycles. The minimum absolute atomic E-state index is 0.312. The SMILES string of the molecule is N#Cc1cccc(NC(=O)c2cccc3c2OCCC3NC(=O)O)c1. The van der Waals surface area contributed by atoms with E-state index in [0.717, 1.165) is 0 Å². The quantitative estimate of drug-likeness (QED) is 0.797. The minimum Gasteiger partial charge on any atom is -0.492 e. The second-order valence-electron chi connectivity index (χ2n) is 5.51. The molecule has 7 heteroatoms. The number of carbonyl (C=O) groups is 2. The molecule has 2 aromatic carbocycles. The van der Waals surface area contributed by atoms with Gasteiger partial charge in [-0.05, 0) is 24.3 Å². The highest BCUT2D eigenvalue weighted by Gasteiger charge is 2.27. The summed E-state index contributed by atoms with van der Waals surface area (Å²) in [5.74, 6) is -0.00986. The lowest BCUT2D eigenvalue weighted by Gasteiger charge is -2.27. The number of carbonyl (C=O) groups excluding carboxylic acids is 1. The molecule has 0 saturated heterocycles. The molecule has 0 bridgehead atoms. The van der Waals surface area contributed by atoms with Crippen LogP contribution in [0.3, 0.4) is 0 Å². The number of hydrogen-bond acceptors (Lipinski definition) is 4. The number of nitrogens with zero attached hydrogens (tertiary/aromatic N) is 1. The second kappa shape index (κ2) is 6.93. The summed E-state index contributed by atoms with van der Waals surface area (Å²) in [5, 5.41) is 23.1. The third kappa shape index (κ3) is 3.53. The normalized spacial score (nSPS) is 15.2. The molecule has 7 nitrogen and oxygen atoms in total. The van der Waals surface area contributed by atoms with Gasteiger partial charge in [0.15, 0.2) is 0 Å². The number of benzene rings is 2. The van der Waals surface area contributed by atoms with Crippen LogP contribution in [0.2, 0.25) is 0 Å². The van der Waals surface area contributed by atoms with Crippen LogP contribution in [-0.4, -0.2) is 23.7 Å². The van der Waals surface area contributed by atoms with E-state index in [1.54, 1.807) is 42.5 Å². The van der Waals surface area contributed by atoms with Crippen molar-refractivity contribution in [1.29, 1.82) is 5.26 Å². The number of nitrogens with one attached hydrogen (secondary N) is 2. The molecule has 1 unspecified atom stereocenters. The zero-order valence-electron chi connectivity index (χ0n) is 13.2. The van der Waals surface area contributed by atoms with Gasteiger partial charge in [-0.2, -0.15) is 5.26 Å². The third-order valence-electron chi connectivity index (χ3n) is 3.87. The lowest BCUT2D eigenvalue weighted by molar-refractivity contribution is 0.102. The van der Waals surface area contributed by atoms with E-state index in [9.17, 15) is 9.59 Å². The van der Waals surface area contributed by atoms with Gasteiger partial charge >= 0.3 is 6.09 Å². The summed E-state index contributed by atoms with van der Waals surface area (Å²) in [6, 6.07) is 13.2. The van der Waals surface area contributed by atoms with Crippen LogP contribution in [0.5, 0.6) is 5.75 Å². The first-order valence-electron chi connectivity index (χ1n) is 7.65. The van der Waals surface area contributed by atoms with Crippen molar-refractivity contribution in [3.05, 3.63) is 59.2 Å². The summed E-state index contributed by atoms with van der Waals surface area (Å²) in [7, 11) is 0. The standard InChI is InChI=1S/C18H15N3O4/c19-10-11-3-1-4-12(9-11)20-17(22)14-6-2-5-13-15(21-18(23)24)7-8-25-16(13)14/h1-6,9,15,21H,7-8H2,(H,20,22)(H,23,24). The van der Waals surface area contributed by atoms with Gasteiger partial charge in [-0.1, -0.05) is 18.2 Å². The molecule has 1 heterocycles. The second-order valence-corrected chi connectivity index (χ2v) is 5.51. The van der Waals surface area contributed by atoms with Gasteiger partial charge < -0.3 is 20.5 Å². The summed E-state index contributed by atoms with van der Waals surface area (Å²) in [6.07, 6.45) is -0.629. The Labute approximate surface area is 143 Å². The van der Waals surface area contributed by atoms with Crippen LogP contribution >= 0.6 is 0 Å². The molecule has 3 N–H and O–H groups in total. The number of fused-ring (bicyclic) bond motifs is 1. The van der Waals surface area contributed by atoms with Gasteiger partial charge in [0.05, 0.1) is 29.8 Å². The molecule has 1 aliphatic heterocycles. The Morgan fingerprint density at radius 2 is 2.04 bits per heavy atom. The molecule has 0 saturated carbocycles. The van der Waals surface area contributed by atoms with Crippen molar-refractivity contribution < 1.29 is 19.4 Å². The van der Waals surface area contributed by atoms with Crippen molar-refractivity contribution in [2.45, 2.75) is 12.5 Å². The van der Waals surface area contributed by atoms with E-state index in [2.05, 4.69) is 10.6 Å². The van der Waals surface area contributed by atoms with Gasteiger partial charge in [0.25, 0.3) is 5.91 Å². The molecular weight excluding hydrogens is 322 g/mol. The molecule has 126 valence electrons. The summed E-state index contributed by atoms with van der Waals surface area (Å²) in [5.41, 5.74) is 1.89. The van der Waals surface area contributed by atoms with E-state index in [-0.39, 0.29) is 5.91 Å². The van der Waals surface area contributed by atoms with Crippen LogP contribution in [0.25, 0.3) is 0 Å². The summed E-state index contributed by atoms with van der Waals surface area (Å²) < 4.78 is 5.62. The average molecular weight is 337 g/mol. The van der Waals surface area contributed by atoms with Gasteiger partial charge in [0.2, 0.25) is 0 Å². The molecule has 2 aromatic rings. The van der Waals surface area contributed by atoms with E-state index < -0.39 is 12.1 Å². The number of hydrogen-bond donors (Lipinski definition) is 3. The van der Waals surface area contributed by atoms with Crippen LogP contribution in [-0.2, 0) is 0 Å². The van der Waals surface area contributed by atoms with E-state index in [1.165, 1.54) is 0 Å². The number of amides is 2. The molecule has 0 aliphatic carbocycles. The van der Waals surface area contributed by atoms with E-state index in [1.807, 2.05) is 6.07 Å². The number of ether oxygens (including phenoxy) is 1. The number of carboxylic acid groups (broad SMARTS) is 1. The van der Waals surface area contributed by atoms with Gasteiger partial charge in [0, 0.05) is 17.7 Å². The van der Waals surface area contributed by atoms with Crippen molar-refractivity contribution >= 4 is 17.7 Å². The smallest absolute Gasteiger partial charge is 0.405 e. The van der Waals surface area contributed by atoms with E-state index >= 15 is 0 Å². The first-order valence-corrected chi connectivity index (χ1v) is 7.65. The number of nitriles is 1. The average Bonchev–Trinajstić information content (AvgIpc) is 2.61. The Morgan fingerprint density at radius 3 is 2.80 bits per heavy atom. The van der Waals surface area contributed by atoms with Crippen LogP contribution in [0.15, 0.2) is 42.5 Å². The molecule has 3 rings (SSSR count). The first kappa shape index (κ1) is 16.3. The Balaban J connectivity index is 1.89. The van der Waals surface area contributed by atoms with Gasteiger partial charge in [-0.3, -0.25) is 4.79 Å². The van der Waals surface area contributed by atoms with Crippen LogP contribution < -0.4 is 15.4 Å². The molecule has 1 atom stereocenters. The van der Waals surface area contributed by atoms with Crippen LogP contribution in [0.1, 0.15) is 33.9 Å². The maximum absolute atomic E-state index is 12.6. The van der Waals surface area contributed by atoms with E-state index in [4.69, 9.17) is 15.1 Å². The monoisotopic (exact) mass is 337 g/mol. The topological polar surface area (TPSA) is 111 Å².